The zero-order valence-electron chi connectivity index (χ0n) is 11.0. The minimum Gasteiger partial charge on any atom is -0.399 e. The molecule has 0 aliphatic carbocycles. The number of ether oxygens (including phenoxy) is 1. The molecule has 0 radical (unpaired) electrons. The number of hydrogen-bond acceptors (Lipinski definition) is 4. The van der Waals surface area contributed by atoms with E-state index in [9.17, 15) is 4.39 Å². The zero-order valence-corrected chi connectivity index (χ0v) is 11.0. The highest BCUT2D eigenvalue weighted by atomic mass is 19.1. The maximum atomic E-state index is 13.9. The summed E-state index contributed by atoms with van der Waals surface area (Å²) in [6.45, 7) is 5.40. The Labute approximate surface area is 112 Å². The SMILES string of the molecule is Nc1ccc(N2CCC(N3CCOCC3)C2)c(F)c1. The van der Waals surface area contributed by atoms with Crippen molar-refractivity contribution in [3.8, 4) is 0 Å². The van der Waals surface area contributed by atoms with Crippen LogP contribution in [0.1, 0.15) is 6.42 Å². The van der Waals surface area contributed by atoms with E-state index in [1.54, 1.807) is 12.1 Å². The Bertz CT molecular complexity index is 448. The molecule has 1 atom stereocenters. The van der Waals surface area contributed by atoms with Crippen LogP contribution in [0.15, 0.2) is 18.2 Å². The molecule has 3 rings (SSSR count). The van der Waals surface area contributed by atoms with E-state index in [0.717, 1.165) is 45.8 Å². The van der Waals surface area contributed by atoms with Crippen LogP contribution in [0.4, 0.5) is 15.8 Å². The topological polar surface area (TPSA) is 41.7 Å². The Morgan fingerprint density at radius 3 is 2.74 bits per heavy atom. The second kappa shape index (κ2) is 5.35. The third-order valence-corrected chi connectivity index (χ3v) is 4.04. The molecule has 19 heavy (non-hydrogen) atoms. The van der Waals surface area contributed by atoms with Crippen molar-refractivity contribution >= 4 is 11.4 Å². The van der Waals surface area contributed by atoms with Crippen molar-refractivity contribution in [2.75, 3.05) is 50.0 Å². The number of nitrogens with zero attached hydrogens (tertiary/aromatic N) is 2. The van der Waals surface area contributed by atoms with Gasteiger partial charge in [-0.25, -0.2) is 4.39 Å². The summed E-state index contributed by atoms with van der Waals surface area (Å²) in [6, 6.07) is 5.46. The van der Waals surface area contributed by atoms with Gasteiger partial charge in [0.05, 0.1) is 18.9 Å². The average Bonchev–Trinajstić information content (AvgIpc) is 2.89. The third-order valence-electron chi connectivity index (χ3n) is 4.04. The van der Waals surface area contributed by atoms with Gasteiger partial charge in [0.15, 0.2) is 0 Å². The standard InChI is InChI=1S/C14H20FN3O/c15-13-9-11(16)1-2-14(13)18-4-3-12(10-18)17-5-7-19-8-6-17/h1-2,9,12H,3-8,10,16H2. The van der Waals surface area contributed by atoms with Gasteiger partial charge in [-0.1, -0.05) is 0 Å². The molecule has 1 aromatic carbocycles. The second-order valence-corrected chi connectivity index (χ2v) is 5.25. The van der Waals surface area contributed by atoms with Gasteiger partial charge in [-0.2, -0.15) is 0 Å². The molecule has 2 saturated heterocycles. The van der Waals surface area contributed by atoms with E-state index in [1.165, 1.54) is 6.07 Å². The van der Waals surface area contributed by atoms with Crippen molar-refractivity contribution in [1.29, 1.82) is 0 Å². The minimum atomic E-state index is -0.220. The van der Waals surface area contributed by atoms with Gasteiger partial charge in [0.25, 0.3) is 0 Å². The van der Waals surface area contributed by atoms with Gasteiger partial charge in [0.2, 0.25) is 0 Å². The van der Waals surface area contributed by atoms with Crippen molar-refractivity contribution in [1.82, 2.24) is 4.90 Å². The maximum Gasteiger partial charge on any atom is 0.148 e. The molecule has 0 amide bonds. The Balaban J connectivity index is 1.67. The third kappa shape index (κ3) is 2.67. The molecular weight excluding hydrogens is 245 g/mol. The molecule has 1 aromatic rings. The molecule has 0 bridgehead atoms. The molecule has 2 aliphatic rings. The summed E-state index contributed by atoms with van der Waals surface area (Å²) in [5, 5.41) is 0. The number of nitrogens with two attached hydrogens (primary N) is 1. The van der Waals surface area contributed by atoms with Gasteiger partial charge in [0, 0.05) is 37.9 Å². The van der Waals surface area contributed by atoms with E-state index in [1.807, 2.05) is 0 Å². The van der Waals surface area contributed by atoms with Gasteiger partial charge in [-0.3, -0.25) is 4.90 Å². The van der Waals surface area contributed by atoms with Crippen LogP contribution in [0, 0.1) is 5.82 Å². The van der Waals surface area contributed by atoms with Crippen LogP contribution < -0.4 is 10.6 Å². The van der Waals surface area contributed by atoms with E-state index in [4.69, 9.17) is 10.5 Å². The fraction of sp³-hybridized carbons (Fsp3) is 0.571. The van der Waals surface area contributed by atoms with Gasteiger partial charge in [0.1, 0.15) is 5.82 Å². The highest BCUT2D eigenvalue weighted by molar-refractivity contribution is 5.55. The van der Waals surface area contributed by atoms with Crippen LogP contribution in [0.5, 0.6) is 0 Å². The average molecular weight is 265 g/mol. The predicted octanol–water partition coefficient (Wildman–Crippen LogP) is 1.32. The molecule has 0 aromatic heterocycles. The van der Waals surface area contributed by atoms with Gasteiger partial charge in [-0.05, 0) is 24.6 Å². The normalized spacial score (nSPS) is 24.9. The number of morpholine rings is 1. The zero-order chi connectivity index (χ0) is 13.2. The number of nitrogen functional groups attached to an aromatic ring is 1. The smallest absolute Gasteiger partial charge is 0.148 e. The molecule has 0 saturated carbocycles. The molecule has 104 valence electrons. The lowest BCUT2D eigenvalue weighted by Crippen LogP contribution is -2.44. The van der Waals surface area contributed by atoms with Crippen LogP contribution in [0.2, 0.25) is 0 Å². The van der Waals surface area contributed by atoms with E-state index in [0.29, 0.717) is 17.4 Å². The first-order chi connectivity index (χ1) is 9.24. The van der Waals surface area contributed by atoms with E-state index >= 15 is 0 Å². The largest absolute Gasteiger partial charge is 0.399 e. The van der Waals surface area contributed by atoms with Crippen LogP contribution in [-0.4, -0.2) is 50.3 Å². The molecular formula is C14H20FN3O. The van der Waals surface area contributed by atoms with Crippen molar-refractivity contribution < 1.29 is 9.13 Å². The molecule has 5 heteroatoms. The number of halogens is 1. The lowest BCUT2D eigenvalue weighted by Gasteiger charge is -2.32. The fourth-order valence-corrected chi connectivity index (χ4v) is 2.98. The van der Waals surface area contributed by atoms with Crippen LogP contribution in [0.25, 0.3) is 0 Å². The number of anilines is 2. The summed E-state index contributed by atoms with van der Waals surface area (Å²) in [6.07, 6.45) is 1.09. The Morgan fingerprint density at radius 1 is 1.21 bits per heavy atom. The number of benzene rings is 1. The Kier molecular flexibility index (Phi) is 3.57. The first kappa shape index (κ1) is 12.7. The molecule has 2 aliphatic heterocycles. The minimum absolute atomic E-state index is 0.220. The van der Waals surface area contributed by atoms with Crippen molar-refractivity contribution in [3.05, 3.63) is 24.0 Å². The summed E-state index contributed by atoms with van der Waals surface area (Å²) in [5.74, 6) is -0.220. The molecule has 2 N–H and O–H groups in total. The Hall–Kier alpha value is -1.33. The highest BCUT2D eigenvalue weighted by Crippen LogP contribution is 2.27. The maximum absolute atomic E-state index is 13.9. The lowest BCUT2D eigenvalue weighted by molar-refractivity contribution is 0.0209. The predicted molar refractivity (Wildman–Crippen MR) is 73.8 cm³/mol. The monoisotopic (exact) mass is 265 g/mol. The fourth-order valence-electron chi connectivity index (χ4n) is 2.98. The van der Waals surface area contributed by atoms with Crippen molar-refractivity contribution in [3.63, 3.8) is 0 Å². The van der Waals surface area contributed by atoms with E-state index < -0.39 is 0 Å². The van der Waals surface area contributed by atoms with Crippen molar-refractivity contribution in [2.45, 2.75) is 12.5 Å². The molecule has 2 heterocycles. The van der Waals surface area contributed by atoms with Gasteiger partial charge < -0.3 is 15.4 Å². The summed E-state index contributed by atoms with van der Waals surface area (Å²) in [4.78, 5) is 4.58. The summed E-state index contributed by atoms with van der Waals surface area (Å²) in [7, 11) is 0. The van der Waals surface area contributed by atoms with Gasteiger partial charge in [-0.15, -0.1) is 0 Å². The van der Waals surface area contributed by atoms with Crippen LogP contribution in [-0.2, 0) is 4.74 Å². The van der Waals surface area contributed by atoms with Crippen LogP contribution in [0.3, 0.4) is 0 Å². The number of rotatable bonds is 2. The quantitative estimate of drug-likeness (QED) is 0.819. The van der Waals surface area contributed by atoms with E-state index in [2.05, 4.69) is 9.80 Å². The summed E-state index contributed by atoms with van der Waals surface area (Å²) in [5.41, 5.74) is 6.74. The number of hydrogen-bond donors (Lipinski definition) is 1. The van der Waals surface area contributed by atoms with E-state index in [-0.39, 0.29) is 5.82 Å². The van der Waals surface area contributed by atoms with Crippen LogP contribution >= 0.6 is 0 Å². The second-order valence-electron chi connectivity index (χ2n) is 5.25. The highest BCUT2D eigenvalue weighted by Gasteiger charge is 2.29. The van der Waals surface area contributed by atoms with Crippen molar-refractivity contribution in [2.24, 2.45) is 0 Å². The summed E-state index contributed by atoms with van der Waals surface area (Å²) < 4.78 is 19.3. The Morgan fingerprint density at radius 2 is 2.00 bits per heavy atom. The first-order valence-corrected chi connectivity index (χ1v) is 6.86. The molecule has 4 nitrogen and oxygen atoms in total. The molecule has 2 fully saturated rings. The van der Waals surface area contributed by atoms with Gasteiger partial charge >= 0.3 is 0 Å². The molecule has 0 spiro atoms. The molecule has 1 unspecified atom stereocenters. The first-order valence-electron chi connectivity index (χ1n) is 6.86. The summed E-state index contributed by atoms with van der Waals surface area (Å²) >= 11 is 0. The lowest BCUT2D eigenvalue weighted by atomic mass is 10.2.